The van der Waals surface area contributed by atoms with E-state index in [9.17, 15) is 0 Å². The molecule has 2 aliphatic rings. The molecule has 0 bridgehead atoms. The Morgan fingerprint density at radius 1 is 0.696 bits per heavy atom. The lowest BCUT2D eigenvalue weighted by Crippen LogP contribution is -2.12. The highest BCUT2D eigenvalue weighted by Gasteiger charge is 2.06. The third-order valence-electron chi connectivity index (χ3n) is 3.40. The summed E-state index contributed by atoms with van der Waals surface area (Å²) in [6.07, 6.45) is 9.96. The molecule has 1 aliphatic heterocycles. The monoisotopic (exact) mass is 328 g/mol. The number of hydrogen-bond donors (Lipinski definition) is 0. The van der Waals surface area contributed by atoms with Crippen LogP contribution in [0.25, 0.3) is 0 Å². The molecule has 23 heavy (non-hydrogen) atoms. The summed E-state index contributed by atoms with van der Waals surface area (Å²) in [7, 11) is 0. The second kappa shape index (κ2) is 15.5. The van der Waals surface area contributed by atoms with Crippen LogP contribution < -0.4 is 0 Å². The van der Waals surface area contributed by atoms with Crippen LogP contribution in [0.3, 0.4) is 0 Å². The van der Waals surface area contributed by atoms with Crippen molar-refractivity contribution >= 4 is 0 Å². The zero-order chi connectivity index (χ0) is 18.3. The number of hydrogen-bond acceptors (Lipinski definition) is 1. The number of ether oxygens (including phenoxy) is 1. The maximum absolute atomic E-state index is 5.14. The Hall–Kier alpha value is -0.0400. The van der Waals surface area contributed by atoms with Gasteiger partial charge in [-0.2, -0.15) is 0 Å². The van der Waals surface area contributed by atoms with E-state index in [1.165, 1.54) is 44.9 Å². The highest BCUT2D eigenvalue weighted by molar-refractivity contribution is 4.59. The highest BCUT2D eigenvalue weighted by atomic mass is 16.5. The summed E-state index contributed by atoms with van der Waals surface area (Å²) in [6.45, 7) is 21.9. The molecular formula is C22H48O. The van der Waals surface area contributed by atoms with E-state index in [0.717, 1.165) is 31.0 Å². The Labute approximate surface area is 149 Å². The average molecular weight is 329 g/mol. The van der Waals surface area contributed by atoms with E-state index in [-0.39, 0.29) is 0 Å². The van der Waals surface area contributed by atoms with Crippen molar-refractivity contribution in [1.82, 2.24) is 0 Å². The van der Waals surface area contributed by atoms with Crippen LogP contribution in [0.15, 0.2) is 0 Å². The summed E-state index contributed by atoms with van der Waals surface area (Å²) < 4.78 is 5.14. The van der Waals surface area contributed by atoms with E-state index < -0.39 is 0 Å². The molecule has 142 valence electrons. The molecule has 0 radical (unpaired) electrons. The first kappa shape index (κ1) is 25.2. The van der Waals surface area contributed by atoms with Crippen molar-refractivity contribution < 1.29 is 4.74 Å². The molecule has 0 aromatic rings. The molecule has 0 spiro atoms. The molecule has 2 rings (SSSR count). The lowest BCUT2D eigenvalue weighted by molar-refractivity contribution is 0.0716. The van der Waals surface area contributed by atoms with Gasteiger partial charge in [-0.15, -0.1) is 0 Å². The van der Waals surface area contributed by atoms with Gasteiger partial charge in [0.05, 0.1) is 0 Å². The minimum absolute atomic E-state index is 0.500. The smallest absolute Gasteiger partial charge is 0.0468 e. The molecule has 0 atom stereocenters. The maximum atomic E-state index is 5.14. The van der Waals surface area contributed by atoms with E-state index in [1.807, 2.05) is 0 Å². The van der Waals surface area contributed by atoms with Gasteiger partial charge in [-0.25, -0.2) is 0 Å². The summed E-state index contributed by atoms with van der Waals surface area (Å²) in [6, 6.07) is 0. The van der Waals surface area contributed by atoms with Gasteiger partial charge in [-0.05, 0) is 36.0 Å². The minimum Gasteiger partial charge on any atom is -0.381 e. The Bertz CT molecular complexity index is 190. The molecule has 1 saturated heterocycles. The van der Waals surface area contributed by atoms with Gasteiger partial charge in [0.1, 0.15) is 0 Å². The maximum Gasteiger partial charge on any atom is 0.0468 e. The van der Waals surface area contributed by atoms with Gasteiger partial charge in [-0.1, -0.05) is 94.4 Å². The topological polar surface area (TPSA) is 9.23 Å². The fourth-order valence-corrected chi connectivity index (χ4v) is 2.12. The molecule has 1 nitrogen and oxygen atoms in total. The van der Waals surface area contributed by atoms with Crippen LogP contribution in [-0.2, 0) is 4.74 Å². The lowest BCUT2D eigenvalue weighted by Gasteiger charge is -2.16. The standard InChI is InChI=1S/C7H14.C6H12O.C5H12.C4H10/c1-7-5-3-2-4-6-7;1-6-2-4-7-5-3-6;1-5(2,3)4;1-4(2)3/h7H,2-6H2,1H3;6H,2-5H2,1H3;1-4H3;4H,1-3H3. The fourth-order valence-electron chi connectivity index (χ4n) is 2.12. The summed E-state index contributed by atoms with van der Waals surface area (Å²) >= 11 is 0. The first-order valence-corrected chi connectivity index (χ1v) is 10.1. The second-order valence-corrected chi connectivity index (χ2v) is 9.77. The second-order valence-electron chi connectivity index (χ2n) is 9.77. The Morgan fingerprint density at radius 3 is 1.17 bits per heavy atom. The van der Waals surface area contributed by atoms with Crippen molar-refractivity contribution in [1.29, 1.82) is 0 Å². The van der Waals surface area contributed by atoms with Crippen LogP contribution in [-0.4, -0.2) is 13.2 Å². The van der Waals surface area contributed by atoms with Crippen molar-refractivity contribution in [3.05, 3.63) is 0 Å². The third-order valence-corrected chi connectivity index (χ3v) is 3.40. The minimum atomic E-state index is 0.500. The Balaban J connectivity index is 0. The van der Waals surface area contributed by atoms with E-state index in [2.05, 4.69) is 62.3 Å². The van der Waals surface area contributed by atoms with Crippen LogP contribution in [0.1, 0.15) is 107 Å². The first-order chi connectivity index (χ1) is 10.5. The third kappa shape index (κ3) is 34.3. The van der Waals surface area contributed by atoms with E-state index in [4.69, 9.17) is 4.74 Å². The van der Waals surface area contributed by atoms with Crippen LogP contribution in [0, 0.1) is 23.2 Å². The summed E-state index contributed by atoms with van der Waals surface area (Å²) in [5.41, 5.74) is 0.500. The first-order valence-electron chi connectivity index (χ1n) is 10.1. The van der Waals surface area contributed by atoms with Gasteiger partial charge >= 0.3 is 0 Å². The summed E-state index contributed by atoms with van der Waals surface area (Å²) in [5, 5.41) is 0. The summed E-state index contributed by atoms with van der Waals surface area (Å²) in [5.74, 6) is 2.78. The van der Waals surface area contributed by atoms with Crippen molar-refractivity contribution in [3.63, 3.8) is 0 Å². The van der Waals surface area contributed by atoms with Crippen molar-refractivity contribution in [2.75, 3.05) is 13.2 Å². The van der Waals surface area contributed by atoms with Gasteiger partial charge < -0.3 is 4.74 Å². The zero-order valence-corrected chi connectivity index (χ0v) is 18.0. The van der Waals surface area contributed by atoms with Gasteiger partial charge in [0.2, 0.25) is 0 Å². The molecule has 0 aromatic carbocycles. The Morgan fingerprint density at radius 2 is 1.00 bits per heavy atom. The molecule has 1 heteroatoms. The average Bonchev–Trinajstić information content (AvgIpc) is 2.38. The molecular weight excluding hydrogens is 280 g/mol. The quantitative estimate of drug-likeness (QED) is 0.442. The molecule has 2 fully saturated rings. The molecule has 0 unspecified atom stereocenters. The molecule has 0 aromatic heterocycles. The molecule has 1 saturated carbocycles. The van der Waals surface area contributed by atoms with E-state index in [1.54, 1.807) is 0 Å². The predicted octanol–water partition coefficient (Wildman–Crippen LogP) is 7.73. The van der Waals surface area contributed by atoms with E-state index >= 15 is 0 Å². The largest absolute Gasteiger partial charge is 0.381 e. The van der Waals surface area contributed by atoms with Gasteiger partial charge in [0, 0.05) is 13.2 Å². The molecule has 0 N–H and O–H groups in total. The molecule has 0 amide bonds. The van der Waals surface area contributed by atoms with Gasteiger partial charge in [0.15, 0.2) is 0 Å². The van der Waals surface area contributed by atoms with Crippen LogP contribution in [0.5, 0.6) is 0 Å². The van der Waals surface area contributed by atoms with E-state index in [0.29, 0.717) is 5.41 Å². The van der Waals surface area contributed by atoms with Crippen LogP contribution >= 0.6 is 0 Å². The van der Waals surface area contributed by atoms with Gasteiger partial charge in [-0.3, -0.25) is 0 Å². The van der Waals surface area contributed by atoms with Crippen molar-refractivity contribution in [2.45, 2.75) is 107 Å². The normalized spacial score (nSPS) is 19.6. The predicted molar refractivity (Wildman–Crippen MR) is 107 cm³/mol. The highest BCUT2D eigenvalue weighted by Crippen LogP contribution is 2.22. The van der Waals surface area contributed by atoms with Crippen molar-refractivity contribution in [2.24, 2.45) is 23.2 Å². The van der Waals surface area contributed by atoms with Crippen LogP contribution in [0.4, 0.5) is 0 Å². The van der Waals surface area contributed by atoms with Crippen LogP contribution in [0.2, 0.25) is 0 Å². The lowest BCUT2D eigenvalue weighted by atomic mass is 9.91. The molecule has 1 heterocycles. The Kier molecular flexibility index (Phi) is 17.0. The molecule has 1 aliphatic carbocycles. The SMILES string of the molecule is CC(C)(C)C.CC(C)C.CC1CCCCC1.CC1CCOCC1. The summed E-state index contributed by atoms with van der Waals surface area (Å²) in [4.78, 5) is 0. The number of rotatable bonds is 0. The zero-order valence-electron chi connectivity index (χ0n) is 18.0. The van der Waals surface area contributed by atoms with Crippen molar-refractivity contribution in [3.8, 4) is 0 Å². The van der Waals surface area contributed by atoms with Gasteiger partial charge in [0.25, 0.3) is 0 Å². The fraction of sp³-hybridized carbons (Fsp3) is 1.00.